The molecule has 0 saturated heterocycles. The lowest BCUT2D eigenvalue weighted by molar-refractivity contribution is -0.148. The molecule has 90 valence electrons. The van der Waals surface area contributed by atoms with Crippen molar-refractivity contribution in [3.05, 3.63) is 0 Å². The number of nitrogens with one attached hydrogen (secondary N) is 1. The molecule has 2 amide bonds. The molecule has 0 aromatic carbocycles. The van der Waals surface area contributed by atoms with Crippen LogP contribution in [0.3, 0.4) is 0 Å². The zero-order valence-electron chi connectivity index (χ0n) is 8.94. The average molecular weight is 228 g/mol. The van der Waals surface area contributed by atoms with Gasteiger partial charge in [0.25, 0.3) is 0 Å². The molecule has 1 aliphatic carbocycles. The molecule has 4 N–H and O–H groups in total. The van der Waals surface area contributed by atoms with Crippen molar-refractivity contribution < 1.29 is 19.5 Å². The molecule has 1 aliphatic rings. The summed E-state index contributed by atoms with van der Waals surface area (Å²) in [5.74, 6) is -3.13. The minimum atomic E-state index is -0.945. The molecule has 6 heteroatoms. The van der Waals surface area contributed by atoms with Gasteiger partial charge in [0.2, 0.25) is 11.8 Å². The van der Waals surface area contributed by atoms with Crippen molar-refractivity contribution in [2.75, 3.05) is 6.54 Å². The molecule has 0 unspecified atom stereocenters. The van der Waals surface area contributed by atoms with Crippen molar-refractivity contribution >= 4 is 17.8 Å². The largest absolute Gasteiger partial charge is 0.481 e. The maximum Gasteiger partial charge on any atom is 0.307 e. The average Bonchev–Trinajstić information content (AvgIpc) is 2.25. The third-order valence-electron chi connectivity index (χ3n) is 2.86. The summed E-state index contributed by atoms with van der Waals surface area (Å²) in [6.07, 6.45) is 2.75. The normalized spacial score (nSPS) is 24.8. The molecule has 16 heavy (non-hydrogen) atoms. The summed E-state index contributed by atoms with van der Waals surface area (Å²) in [5, 5.41) is 11.3. The molecule has 6 nitrogen and oxygen atoms in total. The van der Waals surface area contributed by atoms with Crippen molar-refractivity contribution in [3.8, 4) is 0 Å². The first-order chi connectivity index (χ1) is 7.52. The zero-order valence-corrected chi connectivity index (χ0v) is 8.94. The van der Waals surface area contributed by atoms with E-state index in [1.54, 1.807) is 0 Å². The van der Waals surface area contributed by atoms with Crippen LogP contribution in [0.5, 0.6) is 0 Å². The lowest BCUT2D eigenvalue weighted by atomic mass is 9.79. The van der Waals surface area contributed by atoms with Gasteiger partial charge in [-0.3, -0.25) is 14.4 Å². The molecule has 2 atom stereocenters. The number of carboxylic acid groups (broad SMARTS) is 1. The van der Waals surface area contributed by atoms with Gasteiger partial charge in [0, 0.05) is 0 Å². The molecule has 0 spiro atoms. The van der Waals surface area contributed by atoms with Gasteiger partial charge in [0.05, 0.1) is 18.4 Å². The van der Waals surface area contributed by atoms with Gasteiger partial charge in [-0.25, -0.2) is 0 Å². The van der Waals surface area contributed by atoms with Gasteiger partial charge in [-0.1, -0.05) is 12.8 Å². The smallest absolute Gasteiger partial charge is 0.307 e. The SMILES string of the molecule is NC(=O)CNC(=O)[C@@H]1CCCC[C@@H]1C(=O)O. The molecular formula is C10H16N2O4. The van der Waals surface area contributed by atoms with Crippen molar-refractivity contribution in [1.29, 1.82) is 0 Å². The number of amides is 2. The van der Waals surface area contributed by atoms with Crippen molar-refractivity contribution in [1.82, 2.24) is 5.32 Å². The Morgan fingerprint density at radius 3 is 2.25 bits per heavy atom. The number of primary amides is 1. The number of rotatable bonds is 4. The Balaban J connectivity index is 2.57. The van der Waals surface area contributed by atoms with E-state index in [0.717, 1.165) is 12.8 Å². The first-order valence-electron chi connectivity index (χ1n) is 5.31. The maximum absolute atomic E-state index is 11.6. The van der Waals surface area contributed by atoms with Crippen molar-refractivity contribution in [2.45, 2.75) is 25.7 Å². The topological polar surface area (TPSA) is 109 Å². The van der Waals surface area contributed by atoms with E-state index in [1.165, 1.54) is 0 Å². The van der Waals surface area contributed by atoms with Crippen LogP contribution in [0.1, 0.15) is 25.7 Å². The minimum Gasteiger partial charge on any atom is -0.481 e. The number of hydrogen-bond donors (Lipinski definition) is 3. The number of carbonyl (C=O) groups excluding carboxylic acids is 2. The van der Waals surface area contributed by atoms with Crippen LogP contribution >= 0.6 is 0 Å². The quantitative estimate of drug-likeness (QED) is 0.601. The molecule has 0 bridgehead atoms. The molecule has 1 rings (SSSR count). The van der Waals surface area contributed by atoms with E-state index >= 15 is 0 Å². The van der Waals surface area contributed by atoms with Crippen molar-refractivity contribution in [3.63, 3.8) is 0 Å². The highest BCUT2D eigenvalue weighted by Gasteiger charge is 2.35. The molecule has 0 radical (unpaired) electrons. The second kappa shape index (κ2) is 5.48. The van der Waals surface area contributed by atoms with Crippen LogP contribution in [0.25, 0.3) is 0 Å². The van der Waals surface area contributed by atoms with E-state index in [9.17, 15) is 14.4 Å². The third kappa shape index (κ3) is 3.22. The summed E-state index contributed by atoms with van der Waals surface area (Å²) in [4.78, 5) is 33.1. The Hall–Kier alpha value is -1.59. The first kappa shape index (κ1) is 12.5. The molecule has 0 heterocycles. The summed E-state index contributed by atoms with van der Waals surface area (Å²) >= 11 is 0. The fourth-order valence-electron chi connectivity index (χ4n) is 2.05. The van der Waals surface area contributed by atoms with Crippen LogP contribution in [0.4, 0.5) is 0 Å². The highest BCUT2D eigenvalue weighted by atomic mass is 16.4. The second-order valence-corrected chi connectivity index (χ2v) is 4.02. The summed E-state index contributed by atoms with van der Waals surface area (Å²) in [7, 11) is 0. The van der Waals surface area contributed by atoms with Crippen LogP contribution in [-0.4, -0.2) is 29.4 Å². The van der Waals surface area contributed by atoms with Crippen LogP contribution < -0.4 is 11.1 Å². The Morgan fingerprint density at radius 2 is 1.75 bits per heavy atom. The number of hydrogen-bond acceptors (Lipinski definition) is 3. The lowest BCUT2D eigenvalue weighted by Gasteiger charge is -2.27. The minimum absolute atomic E-state index is 0.234. The molecule has 0 aromatic heterocycles. The number of aliphatic carboxylic acids is 1. The predicted molar refractivity (Wildman–Crippen MR) is 55.3 cm³/mol. The summed E-state index contributed by atoms with van der Waals surface area (Å²) < 4.78 is 0. The number of nitrogens with two attached hydrogens (primary N) is 1. The van der Waals surface area contributed by atoms with Crippen LogP contribution in [0.15, 0.2) is 0 Å². The molecular weight excluding hydrogens is 212 g/mol. The Kier molecular flexibility index (Phi) is 4.28. The Morgan fingerprint density at radius 1 is 1.19 bits per heavy atom. The van der Waals surface area contributed by atoms with Crippen molar-refractivity contribution in [2.24, 2.45) is 17.6 Å². The zero-order chi connectivity index (χ0) is 12.1. The Bertz CT molecular complexity index is 303. The monoisotopic (exact) mass is 228 g/mol. The van der Waals surface area contributed by atoms with E-state index in [-0.39, 0.29) is 12.5 Å². The highest BCUT2D eigenvalue weighted by Crippen LogP contribution is 2.30. The van der Waals surface area contributed by atoms with E-state index in [2.05, 4.69) is 5.32 Å². The molecule has 1 saturated carbocycles. The highest BCUT2D eigenvalue weighted by molar-refractivity contribution is 5.88. The standard InChI is InChI=1S/C10H16N2O4/c11-8(13)5-12-9(14)6-3-1-2-4-7(6)10(15)16/h6-7H,1-5H2,(H2,11,13)(H,12,14)(H,15,16)/t6-,7+/m1/s1. The van der Waals surface area contributed by atoms with Gasteiger partial charge in [-0.05, 0) is 12.8 Å². The molecule has 0 aromatic rings. The van der Waals surface area contributed by atoms with Crippen LogP contribution in [0.2, 0.25) is 0 Å². The van der Waals surface area contributed by atoms with Gasteiger partial charge >= 0.3 is 5.97 Å². The van der Waals surface area contributed by atoms with Crippen LogP contribution in [-0.2, 0) is 14.4 Å². The lowest BCUT2D eigenvalue weighted by Crippen LogP contribution is -2.42. The van der Waals surface area contributed by atoms with Gasteiger partial charge in [-0.2, -0.15) is 0 Å². The number of carbonyl (C=O) groups is 3. The summed E-state index contributed by atoms with van der Waals surface area (Å²) in [5.41, 5.74) is 4.89. The van der Waals surface area contributed by atoms with E-state index in [0.29, 0.717) is 12.8 Å². The van der Waals surface area contributed by atoms with Gasteiger partial charge in [0.1, 0.15) is 0 Å². The molecule has 0 aliphatic heterocycles. The maximum atomic E-state index is 11.6. The van der Waals surface area contributed by atoms with Gasteiger partial charge in [0.15, 0.2) is 0 Å². The fourth-order valence-corrected chi connectivity index (χ4v) is 2.05. The third-order valence-corrected chi connectivity index (χ3v) is 2.86. The predicted octanol–water partition coefficient (Wildman–Crippen LogP) is -0.521. The first-order valence-corrected chi connectivity index (χ1v) is 5.31. The van der Waals surface area contributed by atoms with E-state index < -0.39 is 23.7 Å². The van der Waals surface area contributed by atoms with Crippen LogP contribution in [0, 0.1) is 11.8 Å². The molecule has 1 fully saturated rings. The van der Waals surface area contributed by atoms with Gasteiger partial charge < -0.3 is 16.2 Å². The van der Waals surface area contributed by atoms with E-state index in [4.69, 9.17) is 10.8 Å². The summed E-state index contributed by atoms with van der Waals surface area (Å²) in [6.45, 7) is -0.234. The summed E-state index contributed by atoms with van der Waals surface area (Å²) in [6, 6.07) is 0. The Labute approximate surface area is 93.2 Å². The number of carboxylic acids is 1. The van der Waals surface area contributed by atoms with E-state index in [1.807, 2.05) is 0 Å². The second-order valence-electron chi connectivity index (χ2n) is 4.02. The fraction of sp³-hybridized carbons (Fsp3) is 0.700. The van der Waals surface area contributed by atoms with Gasteiger partial charge in [-0.15, -0.1) is 0 Å².